The number of hydrogen-bond donors (Lipinski definition) is 0. The zero-order valence-electron chi connectivity index (χ0n) is 10.4. The van der Waals surface area contributed by atoms with Crippen molar-refractivity contribution in [3.05, 3.63) is 47.5 Å². The quantitative estimate of drug-likeness (QED) is 0.673. The summed E-state index contributed by atoms with van der Waals surface area (Å²) in [6.45, 7) is 4.08. The van der Waals surface area contributed by atoms with E-state index in [9.17, 15) is 13.2 Å². The van der Waals surface area contributed by atoms with E-state index >= 15 is 0 Å². The second-order valence-electron chi connectivity index (χ2n) is 4.55. The van der Waals surface area contributed by atoms with Crippen molar-refractivity contribution in [3.63, 3.8) is 0 Å². The second kappa shape index (κ2) is 4.63. The highest BCUT2D eigenvalue weighted by atomic mass is 19.4. The molecule has 0 saturated heterocycles. The molecule has 2 aromatic rings. The Morgan fingerprint density at radius 3 is 2.17 bits per heavy atom. The highest BCUT2D eigenvalue weighted by Crippen LogP contribution is 2.37. The number of fused-ring (bicyclic) bond motifs is 1. The van der Waals surface area contributed by atoms with Crippen LogP contribution in [-0.2, 0) is 6.18 Å². The predicted octanol–water partition coefficient (Wildman–Crippen LogP) is 5.37. The SMILES string of the molecule is CCC(C)c1ccc(C(F)(F)F)c2ccccc12. The van der Waals surface area contributed by atoms with Gasteiger partial charge >= 0.3 is 6.18 Å². The van der Waals surface area contributed by atoms with Gasteiger partial charge in [-0.05, 0) is 34.7 Å². The van der Waals surface area contributed by atoms with Crippen molar-refractivity contribution in [2.75, 3.05) is 0 Å². The van der Waals surface area contributed by atoms with Gasteiger partial charge in [0.2, 0.25) is 0 Å². The van der Waals surface area contributed by atoms with Crippen LogP contribution in [0.15, 0.2) is 36.4 Å². The Kier molecular flexibility index (Phi) is 3.33. The number of hydrogen-bond acceptors (Lipinski definition) is 0. The molecule has 0 aromatic heterocycles. The summed E-state index contributed by atoms with van der Waals surface area (Å²) in [5.74, 6) is 0.261. The summed E-state index contributed by atoms with van der Waals surface area (Å²) in [6.07, 6.45) is -3.39. The second-order valence-corrected chi connectivity index (χ2v) is 4.55. The maximum absolute atomic E-state index is 12.9. The number of benzene rings is 2. The Hall–Kier alpha value is -1.51. The van der Waals surface area contributed by atoms with Crippen molar-refractivity contribution in [2.24, 2.45) is 0 Å². The topological polar surface area (TPSA) is 0 Å². The molecule has 0 radical (unpaired) electrons. The van der Waals surface area contributed by atoms with Crippen LogP contribution >= 0.6 is 0 Å². The standard InChI is InChI=1S/C15H15F3/c1-3-10(2)11-8-9-14(15(16,17)18)13-7-5-4-6-12(11)13/h4-10H,3H2,1-2H3. The van der Waals surface area contributed by atoms with E-state index in [0.717, 1.165) is 12.0 Å². The molecule has 0 fully saturated rings. The lowest BCUT2D eigenvalue weighted by molar-refractivity contribution is -0.136. The van der Waals surface area contributed by atoms with Crippen LogP contribution in [0.5, 0.6) is 0 Å². The first kappa shape index (κ1) is 12.9. The summed E-state index contributed by atoms with van der Waals surface area (Å²) in [5, 5.41) is 1.00. The fourth-order valence-electron chi connectivity index (χ4n) is 2.22. The van der Waals surface area contributed by atoms with Gasteiger partial charge in [0.25, 0.3) is 0 Å². The molecule has 18 heavy (non-hydrogen) atoms. The minimum atomic E-state index is -4.30. The van der Waals surface area contributed by atoms with Crippen LogP contribution in [0.1, 0.15) is 37.3 Å². The van der Waals surface area contributed by atoms with Gasteiger partial charge in [-0.25, -0.2) is 0 Å². The fraction of sp³-hybridized carbons (Fsp3) is 0.333. The van der Waals surface area contributed by atoms with E-state index < -0.39 is 11.7 Å². The first-order chi connectivity index (χ1) is 8.45. The molecule has 2 rings (SSSR count). The van der Waals surface area contributed by atoms with Gasteiger partial charge in [-0.1, -0.05) is 44.2 Å². The van der Waals surface area contributed by atoms with Gasteiger partial charge in [0.1, 0.15) is 0 Å². The summed E-state index contributed by atoms with van der Waals surface area (Å²) < 4.78 is 38.8. The van der Waals surface area contributed by atoms with Gasteiger partial charge in [0.15, 0.2) is 0 Å². The molecular weight excluding hydrogens is 237 g/mol. The van der Waals surface area contributed by atoms with E-state index in [-0.39, 0.29) is 5.92 Å². The molecule has 0 nitrogen and oxygen atoms in total. The number of rotatable bonds is 2. The molecule has 0 aliphatic carbocycles. The third kappa shape index (κ3) is 2.22. The Bertz CT molecular complexity index is 555. The van der Waals surface area contributed by atoms with E-state index in [0.29, 0.717) is 10.8 Å². The first-order valence-corrected chi connectivity index (χ1v) is 6.04. The molecule has 2 aromatic carbocycles. The van der Waals surface area contributed by atoms with Gasteiger partial charge in [-0.3, -0.25) is 0 Å². The molecule has 0 spiro atoms. The Morgan fingerprint density at radius 1 is 1.00 bits per heavy atom. The molecule has 1 unspecified atom stereocenters. The lowest BCUT2D eigenvalue weighted by atomic mass is 9.91. The number of halogens is 3. The Balaban J connectivity index is 2.74. The highest BCUT2D eigenvalue weighted by molar-refractivity contribution is 5.89. The first-order valence-electron chi connectivity index (χ1n) is 6.04. The van der Waals surface area contributed by atoms with E-state index in [4.69, 9.17) is 0 Å². The fourth-order valence-corrected chi connectivity index (χ4v) is 2.22. The van der Waals surface area contributed by atoms with Crippen molar-refractivity contribution in [3.8, 4) is 0 Å². The third-order valence-corrected chi connectivity index (χ3v) is 3.41. The normalized spacial score (nSPS) is 13.8. The van der Waals surface area contributed by atoms with Crippen LogP contribution < -0.4 is 0 Å². The van der Waals surface area contributed by atoms with Gasteiger partial charge in [0, 0.05) is 0 Å². The largest absolute Gasteiger partial charge is 0.417 e. The zero-order chi connectivity index (χ0) is 13.3. The van der Waals surface area contributed by atoms with Crippen LogP contribution in [0.4, 0.5) is 13.2 Å². The van der Waals surface area contributed by atoms with Crippen molar-refractivity contribution in [2.45, 2.75) is 32.4 Å². The average Bonchev–Trinajstić information content (AvgIpc) is 2.35. The molecule has 0 heterocycles. The average molecular weight is 252 g/mol. The molecule has 0 amide bonds. The Morgan fingerprint density at radius 2 is 1.61 bits per heavy atom. The minimum absolute atomic E-state index is 0.261. The molecule has 3 heteroatoms. The van der Waals surface area contributed by atoms with Crippen LogP contribution in [0.25, 0.3) is 10.8 Å². The molecule has 0 bridgehead atoms. The van der Waals surface area contributed by atoms with Crippen molar-refractivity contribution in [1.29, 1.82) is 0 Å². The monoisotopic (exact) mass is 252 g/mol. The highest BCUT2D eigenvalue weighted by Gasteiger charge is 2.32. The smallest absolute Gasteiger partial charge is 0.166 e. The predicted molar refractivity (Wildman–Crippen MR) is 67.7 cm³/mol. The maximum Gasteiger partial charge on any atom is 0.417 e. The summed E-state index contributed by atoms with van der Waals surface area (Å²) in [7, 11) is 0. The van der Waals surface area contributed by atoms with Crippen LogP contribution in [0.2, 0.25) is 0 Å². The summed E-state index contributed by atoms with van der Waals surface area (Å²) in [5.41, 5.74) is 0.436. The summed E-state index contributed by atoms with van der Waals surface area (Å²) >= 11 is 0. The van der Waals surface area contributed by atoms with Gasteiger partial charge in [-0.15, -0.1) is 0 Å². The van der Waals surface area contributed by atoms with E-state index in [2.05, 4.69) is 0 Å². The molecule has 0 saturated carbocycles. The molecule has 0 N–H and O–H groups in total. The number of alkyl halides is 3. The molecule has 1 atom stereocenters. The lowest BCUT2D eigenvalue weighted by Crippen LogP contribution is -2.07. The zero-order valence-corrected chi connectivity index (χ0v) is 10.4. The van der Waals surface area contributed by atoms with Crippen LogP contribution in [-0.4, -0.2) is 0 Å². The molecule has 0 aliphatic rings. The molecular formula is C15H15F3. The van der Waals surface area contributed by atoms with Crippen molar-refractivity contribution >= 4 is 10.8 Å². The van der Waals surface area contributed by atoms with Crippen molar-refractivity contribution in [1.82, 2.24) is 0 Å². The van der Waals surface area contributed by atoms with E-state index in [1.165, 1.54) is 6.07 Å². The third-order valence-electron chi connectivity index (χ3n) is 3.41. The van der Waals surface area contributed by atoms with E-state index in [1.54, 1.807) is 30.3 Å². The molecule has 96 valence electrons. The van der Waals surface area contributed by atoms with E-state index in [1.807, 2.05) is 13.8 Å². The van der Waals surface area contributed by atoms with Crippen molar-refractivity contribution < 1.29 is 13.2 Å². The van der Waals surface area contributed by atoms with Crippen LogP contribution in [0.3, 0.4) is 0 Å². The summed E-state index contributed by atoms with van der Waals surface area (Å²) in [6, 6.07) is 9.56. The maximum atomic E-state index is 12.9. The van der Waals surface area contributed by atoms with Gasteiger partial charge in [-0.2, -0.15) is 13.2 Å². The van der Waals surface area contributed by atoms with Crippen LogP contribution in [0, 0.1) is 0 Å². The minimum Gasteiger partial charge on any atom is -0.166 e. The summed E-state index contributed by atoms with van der Waals surface area (Å²) in [4.78, 5) is 0. The van der Waals surface area contributed by atoms with Gasteiger partial charge < -0.3 is 0 Å². The lowest BCUT2D eigenvalue weighted by Gasteiger charge is -2.16. The molecule has 0 aliphatic heterocycles. The van der Waals surface area contributed by atoms with Gasteiger partial charge in [0.05, 0.1) is 5.56 Å². The Labute approximate surface area is 104 Å².